The van der Waals surface area contributed by atoms with Crippen molar-refractivity contribution in [3.8, 4) is 17.1 Å². The van der Waals surface area contributed by atoms with Gasteiger partial charge < -0.3 is 14.3 Å². The lowest BCUT2D eigenvalue weighted by atomic mass is 10.1. The summed E-state index contributed by atoms with van der Waals surface area (Å²) in [5.41, 5.74) is 1.52. The van der Waals surface area contributed by atoms with Crippen molar-refractivity contribution in [3.63, 3.8) is 0 Å². The molecule has 126 valence electrons. The minimum atomic E-state index is -1.07. The van der Waals surface area contributed by atoms with Gasteiger partial charge in [-0.05, 0) is 48.5 Å². The van der Waals surface area contributed by atoms with E-state index in [9.17, 15) is 4.79 Å². The SMILES string of the molecule is COc1ccc(N=Cc2ccc(-c3ccc(C(=O)O)c(Cl)c3)o2)cc1. The highest BCUT2D eigenvalue weighted by molar-refractivity contribution is 6.33. The number of methoxy groups -OCH3 is 1. The van der Waals surface area contributed by atoms with Crippen LogP contribution in [0.1, 0.15) is 16.1 Å². The number of ether oxygens (including phenoxy) is 1. The second-order valence-corrected chi connectivity index (χ2v) is 5.57. The van der Waals surface area contributed by atoms with Crippen LogP contribution < -0.4 is 4.74 Å². The lowest BCUT2D eigenvalue weighted by Gasteiger charge is -2.01. The van der Waals surface area contributed by atoms with Crippen LogP contribution in [-0.4, -0.2) is 24.4 Å². The first-order valence-electron chi connectivity index (χ1n) is 7.38. The second kappa shape index (κ2) is 7.23. The lowest BCUT2D eigenvalue weighted by Crippen LogP contribution is -1.96. The zero-order valence-corrected chi connectivity index (χ0v) is 14.0. The van der Waals surface area contributed by atoms with Crippen molar-refractivity contribution in [2.75, 3.05) is 7.11 Å². The summed E-state index contributed by atoms with van der Waals surface area (Å²) in [6.07, 6.45) is 1.61. The number of rotatable bonds is 5. The van der Waals surface area contributed by atoms with Crippen LogP contribution in [0.2, 0.25) is 5.02 Å². The van der Waals surface area contributed by atoms with Gasteiger partial charge in [0.25, 0.3) is 0 Å². The van der Waals surface area contributed by atoms with Gasteiger partial charge >= 0.3 is 5.97 Å². The Bertz CT molecular complexity index is 929. The summed E-state index contributed by atoms with van der Waals surface area (Å²) in [5.74, 6) is 0.850. The molecule has 0 saturated heterocycles. The van der Waals surface area contributed by atoms with Crippen LogP contribution in [0, 0.1) is 0 Å². The van der Waals surface area contributed by atoms with Crippen molar-refractivity contribution < 1.29 is 19.1 Å². The molecule has 0 aliphatic heterocycles. The Morgan fingerprint density at radius 2 is 1.92 bits per heavy atom. The van der Waals surface area contributed by atoms with E-state index >= 15 is 0 Å². The molecule has 0 aliphatic rings. The van der Waals surface area contributed by atoms with Gasteiger partial charge in [0, 0.05) is 5.56 Å². The number of carboxylic acid groups (broad SMARTS) is 1. The summed E-state index contributed by atoms with van der Waals surface area (Å²) in [7, 11) is 1.61. The zero-order valence-electron chi connectivity index (χ0n) is 13.3. The number of furan rings is 1. The van der Waals surface area contributed by atoms with Crippen molar-refractivity contribution in [2.45, 2.75) is 0 Å². The summed E-state index contributed by atoms with van der Waals surface area (Å²) in [6, 6.07) is 15.6. The Morgan fingerprint density at radius 1 is 1.16 bits per heavy atom. The van der Waals surface area contributed by atoms with Crippen molar-refractivity contribution in [3.05, 3.63) is 70.9 Å². The molecular weight excluding hydrogens is 342 g/mol. The maximum absolute atomic E-state index is 11.0. The molecule has 1 heterocycles. The number of carboxylic acids is 1. The molecule has 0 saturated carbocycles. The van der Waals surface area contributed by atoms with Crippen LogP contribution in [0.15, 0.2) is 64.0 Å². The third-order valence-corrected chi connectivity index (χ3v) is 3.84. The standard InChI is InChI=1S/C19H14ClNO4/c1-24-14-5-3-13(4-6-14)21-11-15-7-9-18(25-15)12-2-8-16(19(22)23)17(20)10-12/h2-11H,1H3,(H,22,23). The summed E-state index contributed by atoms with van der Waals surface area (Å²) in [4.78, 5) is 15.3. The minimum absolute atomic E-state index is 0.0539. The molecule has 6 heteroatoms. The molecule has 0 atom stereocenters. The van der Waals surface area contributed by atoms with E-state index in [0.29, 0.717) is 17.1 Å². The number of hydrogen-bond donors (Lipinski definition) is 1. The zero-order chi connectivity index (χ0) is 17.8. The largest absolute Gasteiger partial charge is 0.497 e. The summed E-state index contributed by atoms with van der Waals surface area (Å²) < 4.78 is 10.8. The highest BCUT2D eigenvalue weighted by atomic mass is 35.5. The summed E-state index contributed by atoms with van der Waals surface area (Å²) in [6.45, 7) is 0. The van der Waals surface area contributed by atoms with Gasteiger partial charge in [0.1, 0.15) is 17.3 Å². The molecule has 1 N–H and O–H groups in total. The maximum atomic E-state index is 11.0. The van der Waals surface area contributed by atoms with Crippen LogP contribution >= 0.6 is 11.6 Å². The fraction of sp³-hybridized carbons (Fsp3) is 0.0526. The highest BCUT2D eigenvalue weighted by Crippen LogP contribution is 2.27. The van der Waals surface area contributed by atoms with E-state index < -0.39 is 5.97 Å². The fourth-order valence-electron chi connectivity index (χ4n) is 2.23. The maximum Gasteiger partial charge on any atom is 0.337 e. The van der Waals surface area contributed by atoms with Gasteiger partial charge in [0.2, 0.25) is 0 Å². The second-order valence-electron chi connectivity index (χ2n) is 5.16. The van der Waals surface area contributed by atoms with E-state index in [-0.39, 0.29) is 10.6 Å². The first-order valence-corrected chi connectivity index (χ1v) is 7.76. The van der Waals surface area contributed by atoms with Crippen molar-refractivity contribution in [2.24, 2.45) is 4.99 Å². The molecule has 1 aromatic heterocycles. The quantitative estimate of drug-likeness (QED) is 0.649. The Balaban J connectivity index is 1.79. The van der Waals surface area contributed by atoms with Crippen LogP contribution in [0.5, 0.6) is 5.75 Å². The number of benzene rings is 2. The predicted octanol–water partition coefficient (Wildman–Crippen LogP) is 5.06. The molecule has 2 aromatic carbocycles. The lowest BCUT2D eigenvalue weighted by molar-refractivity contribution is 0.0697. The van der Waals surface area contributed by atoms with Crippen LogP contribution in [0.25, 0.3) is 11.3 Å². The minimum Gasteiger partial charge on any atom is -0.497 e. The number of nitrogens with zero attached hydrogens (tertiary/aromatic N) is 1. The van der Waals surface area contributed by atoms with E-state index in [1.54, 1.807) is 37.6 Å². The van der Waals surface area contributed by atoms with Crippen molar-refractivity contribution in [1.82, 2.24) is 0 Å². The van der Waals surface area contributed by atoms with E-state index in [0.717, 1.165) is 11.4 Å². The molecule has 0 spiro atoms. The molecule has 25 heavy (non-hydrogen) atoms. The molecule has 0 fully saturated rings. The Labute approximate surface area is 149 Å². The Hall–Kier alpha value is -3.05. The summed E-state index contributed by atoms with van der Waals surface area (Å²) in [5, 5.41) is 9.17. The summed E-state index contributed by atoms with van der Waals surface area (Å²) >= 11 is 5.99. The average molecular weight is 356 g/mol. The van der Waals surface area contributed by atoms with E-state index in [4.69, 9.17) is 25.9 Å². The Morgan fingerprint density at radius 3 is 2.56 bits per heavy atom. The first-order chi connectivity index (χ1) is 12.1. The van der Waals surface area contributed by atoms with Crippen LogP contribution in [0.4, 0.5) is 5.69 Å². The van der Waals surface area contributed by atoms with Gasteiger partial charge in [-0.25, -0.2) is 4.79 Å². The average Bonchev–Trinajstić information content (AvgIpc) is 3.09. The molecule has 0 radical (unpaired) electrons. The van der Waals surface area contributed by atoms with E-state index in [2.05, 4.69) is 4.99 Å². The number of aromatic carboxylic acids is 1. The number of aliphatic imine (C=N–C) groups is 1. The smallest absolute Gasteiger partial charge is 0.337 e. The number of halogens is 1. The number of carbonyl (C=O) groups is 1. The first kappa shape index (κ1) is 16.8. The van der Waals surface area contributed by atoms with Gasteiger partial charge in [0.15, 0.2) is 0 Å². The fourth-order valence-corrected chi connectivity index (χ4v) is 2.49. The molecule has 3 aromatic rings. The highest BCUT2D eigenvalue weighted by Gasteiger charge is 2.11. The predicted molar refractivity (Wildman–Crippen MR) is 96.4 cm³/mol. The van der Waals surface area contributed by atoms with Gasteiger partial charge in [-0.1, -0.05) is 17.7 Å². The third-order valence-electron chi connectivity index (χ3n) is 3.52. The van der Waals surface area contributed by atoms with Gasteiger partial charge in [-0.15, -0.1) is 0 Å². The van der Waals surface area contributed by atoms with E-state index in [1.807, 2.05) is 24.3 Å². The van der Waals surface area contributed by atoms with Crippen LogP contribution in [0.3, 0.4) is 0 Å². The molecule has 0 unspecified atom stereocenters. The third kappa shape index (κ3) is 3.89. The Kier molecular flexibility index (Phi) is 4.86. The van der Waals surface area contributed by atoms with Crippen molar-refractivity contribution >= 4 is 29.5 Å². The van der Waals surface area contributed by atoms with Crippen molar-refractivity contribution in [1.29, 1.82) is 0 Å². The molecule has 0 amide bonds. The van der Waals surface area contributed by atoms with Gasteiger partial charge in [0.05, 0.1) is 29.6 Å². The number of hydrogen-bond acceptors (Lipinski definition) is 4. The topological polar surface area (TPSA) is 72.0 Å². The van der Waals surface area contributed by atoms with Gasteiger partial charge in [-0.3, -0.25) is 4.99 Å². The molecule has 5 nitrogen and oxygen atoms in total. The monoisotopic (exact) mass is 355 g/mol. The molecule has 0 aliphatic carbocycles. The van der Waals surface area contributed by atoms with E-state index in [1.165, 1.54) is 6.07 Å². The molecule has 0 bridgehead atoms. The van der Waals surface area contributed by atoms with Gasteiger partial charge in [-0.2, -0.15) is 0 Å². The molecule has 3 rings (SSSR count). The molecular formula is C19H14ClNO4. The van der Waals surface area contributed by atoms with Crippen LogP contribution in [-0.2, 0) is 0 Å². The normalized spacial score (nSPS) is 11.0.